The smallest absolute Gasteiger partial charge is 0.242 e. The van der Waals surface area contributed by atoms with Gasteiger partial charge in [0.05, 0.1) is 6.42 Å². The second-order valence-corrected chi connectivity index (χ2v) is 7.13. The summed E-state index contributed by atoms with van der Waals surface area (Å²) in [5.74, 6) is -0.455. The monoisotopic (exact) mass is 412 g/mol. The lowest BCUT2D eigenvalue weighted by Crippen LogP contribution is -2.47. The van der Waals surface area contributed by atoms with E-state index in [1.54, 1.807) is 43.3 Å². The van der Waals surface area contributed by atoms with E-state index in [0.29, 0.717) is 20.6 Å². The number of amides is 2. The highest BCUT2D eigenvalue weighted by atomic mass is 35.5. The van der Waals surface area contributed by atoms with Crippen LogP contribution in [-0.4, -0.2) is 29.8 Å². The van der Waals surface area contributed by atoms with Crippen LogP contribution >= 0.6 is 34.8 Å². The lowest BCUT2D eigenvalue weighted by atomic mass is 10.1. The first-order chi connectivity index (χ1) is 12.3. The van der Waals surface area contributed by atoms with Crippen LogP contribution < -0.4 is 5.32 Å². The van der Waals surface area contributed by atoms with Crippen molar-refractivity contribution < 1.29 is 9.59 Å². The molecular formula is C19H19Cl3N2O2. The molecule has 0 saturated heterocycles. The van der Waals surface area contributed by atoms with Crippen molar-refractivity contribution in [1.29, 1.82) is 0 Å². The van der Waals surface area contributed by atoms with Gasteiger partial charge in [-0.25, -0.2) is 0 Å². The maximum Gasteiger partial charge on any atom is 0.242 e. The summed E-state index contributed by atoms with van der Waals surface area (Å²) in [6, 6.07) is 11.5. The quantitative estimate of drug-likeness (QED) is 0.765. The van der Waals surface area contributed by atoms with Gasteiger partial charge >= 0.3 is 0 Å². The van der Waals surface area contributed by atoms with Crippen LogP contribution in [0.4, 0.5) is 0 Å². The Hall–Kier alpha value is -1.75. The summed E-state index contributed by atoms with van der Waals surface area (Å²) in [7, 11) is 1.54. The van der Waals surface area contributed by atoms with Crippen LogP contribution in [0.1, 0.15) is 18.1 Å². The zero-order chi connectivity index (χ0) is 19.3. The van der Waals surface area contributed by atoms with Gasteiger partial charge in [-0.15, -0.1) is 0 Å². The topological polar surface area (TPSA) is 49.4 Å². The average Bonchev–Trinajstić information content (AvgIpc) is 2.59. The van der Waals surface area contributed by atoms with E-state index in [9.17, 15) is 9.59 Å². The molecule has 4 nitrogen and oxygen atoms in total. The molecule has 0 heterocycles. The molecule has 1 N–H and O–H groups in total. The standard InChI is InChI=1S/C19H19Cl3N2O2/c1-12(19(26)23-2)24(11-14-6-7-16(21)10-17(14)22)18(25)9-13-4-3-5-15(20)8-13/h3-8,10,12H,9,11H2,1-2H3,(H,23,26). The molecule has 2 rings (SSSR count). The summed E-state index contributed by atoms with van der Waals surface area (Å²) in [5.41, 5.74) is 1.49. The molecule has 0 fully saturated rings. The van der Waals surface area contributed by atoms with Gasteiger partial charge in [0, 0.05) is 28.7 Å². The van der Waals surface area contributed by atoms with Crippen molar-refractivity contribution in [2.45, 2.75) is 25.9 Å². The molecule has 1 atom stereocenters. The minimum absolute atomic E-state index is 0.132. The van der Waals surface area contributed by atoms with E-state index in [1.807, 2.05) is 6.07 Å². The number of benzene rings is 2. The van der Waals surface area contributed by atoms with Crippen LogP contribution in [0.3, 0.4) is 0 Å². The van der Waals surface area contributed by atoms with Gasteiger partial charge in [0.25, 0.3) is 0 Å². The zero-order valence-corrected chi connectivity index (χ0v) is 16.7. The highest BCUT2D eigenvalue weighted by Gasteiger charge is 2.26. The van der Waals surface area contributed by atoms with Crippen LogP contribution in [0.15, 0.2) is 42.5 Å². The maximum absolute atomic E-state index is 12.9. The maximum atomic E-state index is 12.9. The highest BCUT2D eigenvalue weighted by Crippen LogP contribution is 2.23. The third kappa shape index (κ3) is 5.37. The van der Waals surface area contributed by atoms with Crippen LogP contribution in [0.2, 0.25) is 15.1 Å². The number of carbonyl (C=O) groups excluding carboxylic acids is 2. The van der Waals surface area contributed by atoms with Crippen molar-refractivity contribution in [2.75, 3.05) is 7.05 Å². The van der Waals surface area contributed by atoms with Gasteiger partial charge in [0.15, 0.2) is 0 Å². The Morgan fingerprint density at radius 2 is 1.77 bits per heavy atom. The van der Waals surface area contributed by atoms with E-state index < -0.39 is 6.04 Å². The third-order valence-electron chi connectivity index (χ3n) is 4.01. The van der Waals surface area contributed by atoms with Crippen molar-refractivity contribution in [3.8, 4) is 0 Å². The number of hydrogen-bond donors (Lipinski definition) is 1. The molecule has 0 aliphatic rings. The number of rotatable bonds is 6. The Labute approximate surface area is 168 Å². The molecular weight excluding hydrogens is 395 g/mol. The second-order valence-electron chi connectivity index (χ2n) is 5.85. The zero-order valence-electron chi connectivity index (χ0n) is 14.4. The van der Waals surface area contributed by atoms with Gasteiger partial charge in [-0.2, -0.15) is 0 Å². The summed E-state index contributed by atoms with van der Waals surface area (Å²) in [6.07, 6.45) is 0.132. The summed E-state index contributed by atoms with van der Waals surface area (Å²) < 4.78 is 0. The number of halogens is 3. The van der Waals surface area contributed by atoms with Crippen molar-refractivity contribution in [3.05, 3.63) is 68.7 Å². The molecule has 26 heavy (non-hydrogen) atoms. The molecule has 0 aromatic heterocycles. The van der Waals surface area contributed by atoms with Crippen molar-refractivity contribution in [2.24, 2.45) is 0 Å². The van der Waals surface area contributed by atoms with E-state index in [0.717, 1.165) is 5.56 Å². The second kappa shape index (κ2) is 9.26. The molecule has 138 valence electrons. The molecule has 0 saturated carbocycles. The molecule has 2 aromatic carbocycles. The van der Waals surface area contributed by atoms with Crippen molar-refractivity contribution in [1.82, 2.24) is 10.2 Å². The molecule has 1 unspecified atom stereocenters. The average molecular weight is 414 g/mol. The normalized spacial score (nSPS) is 11.7. The van der Waals surface area contributed by atoms with Gasteiger partial charge in [0.2, 0.25) is 11.8 Å². The Balaban J connectivity index is 2.27. The fourth-order valence-electron chi connectivity index (χ4n) is 2.55. The van der Waals surface area contributed by atoms with Gasteiger partial charge in [-0.1, -0.05) is 53.0 Å². The lowest BCUT2D eigenvalue weighted by Gasteiger charge is -2.29. The number of nitrogens with one attached hydrogen (secondary N) is 1. The third-order valence-corrected chi connectivity index (χ3v) is 4.84. The molecule has 2 aromatic rings. The Kier molecular flexibility index (Phi) is 7.33. The Morgan fingerprint density at radius 3 is 2.38 bits per heavy atom. The fourth-order valence-corrected chi connectivity index (χ4v) is 3.23. The van der Waals surface area contributed by atoms with E-state index in [4.69, 9.17) is 34.8 Å². The first-order valence-corrected chi connectivity index (χ1v) is 9.14. The SMILES string of the molecule is CNC(=O)C(C)N(Cc1ccc(Cl)cc1Cl)C(=O)Cc1cccc(Cl)c1. The van der Waals surface area contributed by atoms with Crippen LogP contribution in [0.5, 0.6) is 0 Å². The van der Waals surface area contributed by atoms with Crippen LogP contribution in [-0.2, 0) is 22.6 Å². The van der Waals surface area contributed by atoms with Crippen LogP contribution in [0.25, 0.3) is 0 Å². The van der Waals surface area contributed by atoms with E-state index in [1.165, 1.54) is 11.9 Å². The molecule has 0 aliphatic heterocycles. The summed E-state index contributed by atoms with van der Waals surface area (Å²) in [4.78, 5) is 26.5. The largest absolute Gasteiger partial charge is 0.357 e. The summed E-state index contributed by atoms with van der Waals surface area (Å²) in [5, 5.41) is 4.09. The number of nitrogens with zero attached hydrogens (tertiary/aromatic N) is 1. The first-order valence-electron chi connectivity index (χ1n) is 8.01. The highest BCUT2D eigenvalue weighted by molar-refractivity contribution is 6.35. The summed E-state index contributed by atoms with van der Waals surface area (Å²) >= 11 is 18.2. The van der Waals surface area contributed by atoms with Gasteiger partial charge < -0.3 is 10.2 Å². The van der Waals surface area contributed by atoms with Gasteiger partial charge in [0.1, 0.15) is 6.04 Å². The Bertz CT molecular complexity index is 811. The van der Waals surface area contributed by atoms with E-state index in [2.05, 4.69) is 5.32 Å². The molecule has 0 spiro atoms. The predicted molar refractivity (Wildman–Crippen MR) is 106 cm³/mol. The molecule has 0 radical (unpaired) electrons. The number of likely N-dealkylation sites (N-methyl/N-ethyl adjacent to an activating group) is 1. The predicted octanol–water partition coefficient (Wildman–Crippen LogP) is 4.35. The van der Waals surface area contributed by atoms with E-state index >= 15 is 0 Å². The summed E-state index contributed by atoms with van der Waals surface area (Å²) in [6.45, 7) is 1.88. The minimum Gasteiger partial charge on any atom is -0.357 e. The van der Waals surface area contributed by atoms with Gasteiger partial charge in [-0.05, 0) is 42.3 Å². The van der Waals surface area contributed by atoms with Gasteiger partial charge in [-0.3, -0.25) is 9.59 Å². The number of carbonyl (C=O) groups is 2. The fraction of sp³-hybridized carbons (Fsp3) is 0.263. The molecule has 0 bridgehead atoms. The first kappa shape index (κ1) is 20.6. The van der Waals surface area contributed by atoms with Crippen LogP contribution in [0, 0.1) is 0 Å². The Morgan fingerprint density at radius 1 is 1.08 bits per heavy atom. The van der Waals surface area contributed by atoms with E-state index in [-0.39, 0.29) is 24.8 Å². The number of hydrogen-bond acceptors (Lipinski definition) is 2. The molecule has 0 aliphatic carbocycles. The minimum atomic E-state index is -0.654. The van der Waals surface area contributed by atoms with Crippen molar-refractivity contribution in [3.63, 3.8) is 0 Å². The molecule has 7 heteroatoms. The van der Waals surface area contributed by atoms with Crippen molar-refractivity contribution >= 4 is 46.6 Å². The molecule has 2 amide bonds. The lowest BCUT2D eigenvalue weighted by molar-refractivity contribution is -0.139.